The molecule has 0 saturated carbocycles. The zero-order chi connectivity index (χ0) is 13.7. The number of benzene rings is 2. The summed E-state index contributed by atoms with van der Waals surface area (Å²) in [6, 6.07) is 15.0. The van der Waals surface area contributed by atoms with Crippen LogP contribution in [0.15, 0.2) is 54.6 Å². The Kier molecular flexibility index (Phi) is 6.07. The number of carboxylic acids is 1. The van der Waals surface area contributed by atoms with E-state index in [-0.39, 0.29) is 37.2 Å². The first-order chi connectivity index (χ1) is 9.18. The Morgan fingerprint density at radius 1 is 0.900 bits per heavy atom. The molecule has 0 aromatic heterocycles. The van der Waals surface area contributed by atoms with Crippen molar-refractivity contribution in [1.82, 2.24) is 0 Å². The van der Waals surface area contributed by atoms with Crippen LogP contribution in [0.2, 0.25) is 0 Å². The van der Waals surface area contributed by atoms with Crippen molar-refractivity contribution in [3.8, 4) is 0 Å². The Labute approximate surface area is 129 Å². The third-order valence-corrected chi connectivity index (χ3v) is 2.58. The van der Waals surface area contributed by atoms with E-state index >= 15 is 0 Å². The molecule has 0 unspecified atom stereocenters. The van der Waals surface area contributed by atoms with Gasteiger partial charge in [-0.05, 0) is 11.6 Å². The van der Waals surface area contributed by atoms with Gasteiger partial charge in [0.25, 0.3) is 0 Å². The second-order valence-corrected chi connectivity index (χ2v) is 3.89. The van der Waals surface area contributed by atoms with E-state index in [1.54, 1.807) is 6.07 Å². The van der Waals surface area contributed by atoms with E-state index in [4.69, 9.17) is 4.74 Å². The maximum Gasteiger partial charge on any atom is 0.339 e. The van der Waals surface area contributed by atoms with Crippen LogP contribution in [0.4, 0.5) is 0 Å². The molecule has 0 atom stereocenters. The fraction of sp³-hybridized carbons (Fsp3) is 0.0667. The van der Waals surface area contributed by atoms with E-state index in [0.717, 1.165) is 5.56 Å². The SMILES string of the molecule is O=C([O-])c1ccccc1C(=O)OCc1ccccc1.[Zn]. The molecule has 0 spiro atoms. The monoisotopic (exact) mass is 319 g/mol. The molecular weight excluding hydrogens is 310 g/mol. The third-order valence-electron chi connectivity index (χ3n) is 2.58. The average Bonchev–Trinajstić information content (AvgIpc) is 2.46. The van der Waals surface area contributed by atoms with Gasteiger partial charge < -0.3 is 14.6 Å². The molecule has 0 aliphatic heterocycles. The second kappa shape index (κ2) is 7.56. The molecule has 0 aliphatic carbocycles. The van der Waals surface area contributed by atoms with Crippen LogP contribution >= 0.6 is 0 Å². The van der Waals surface area contributed by atoms with Crippen molar-refractivity contribution >= 4 is 11.9 Å². The molecule has 0 radical (unpaired) electrons. The van der Waals surface area contributed by atoms with Crippen LogP contribution < -0.4 is 5.11 Å². The van der Waals surface area contributed by atoms with Gasteiger partial charge in [-0.25, -0.2) is 4.79 Å². The van der Waals surface area contributed by atoms with Crippen molar-refractivity contribution in [3.63, 3.8) is 0 Å². The van der Waals surface area contributed by atoms with Crippen molar-refractivity contribution in [3.05, 3.63) is 71.3 Å². The van der Waals surface area contributed by atoms with Crippen molar-refractivity contribution in [2.45, 2.75) is 6.61 Å². The Bertz CT molecular complexity index is 596. The van der Waals surface area contributed by atoms with Crippen LogP contribution in [0.25, 0.3) is 0 Å². The number of rotatable bonds is 4. The summed E-state index contributed by atoms with van der Waals surface area (Å²) in [4.78, 5) is 22.7. The van der Waals surface area contributed by atoms with Crippen LogP contribution in [0.3, 0.4) is 0 Å². The van der Waals surface area contributed by atoms with Gasteiger partial charge in [0.15, 0.2) is 0 Å². The number of aromatic carboxylic acids is 1. The molecular formula is C15H11O4Zn-. The van der Waals surface area contributed by atoms with Gasteiger partial charge in [-0.1, -0.05) is 48.5 Å². The van der Waals surface area contributed by atoms with E-state index in [9.17, 15) is 14.7 Å². The second-order valence-electron chi connectivity index (χ2n) is 3.89. The zero-order valence-corrected chi connectivity index (χ0v) is 13.7. The Morgan fingerprint density at radius 2 is 1.45 bits per heavy atom. The van der Waals surface area contributed by atoms with Gasteiger partial charge in [-0.15, -0.1) is 0 Å². The normalized spacial score (nSPS) is 9.40. The fourth-order valence-electron chi connectivity index (χ4n) is 1.64. The standard InChI is InChI=1S/C15H12O4.Zn/c16-14(17)12-8-4-5-9-13(12)15(18)19-10-11-6-2-1-3-7-11;/h1-9H,10H2,(H,16,17);/p-1. The summed E-state index contributed by atoms with van der Waals surface area (Å²) in [6.45, 7) is 0.0983. The van der Waals surface area contributed by atoms with Crippen LogP contribution in [0.1, 0.15) is 26.3 Å². The van der Waals surface area contributed by atoms with Crippen LogP contribution in [-0.2, 0) is 30.8 Å². The van der Waals surface area contributed by atoms with Crippen molar-refractivity contribution in [1.29, 1.82) is 0 Å². The number of carbonyl (C=O) groups excluding carboxylic acids is 2. The molecule has 0 saturated heterocycles. The molecule has 98 valence electrons. The van der Waals surface area contributed by atoms with E-state index in [2.05, 4.69) is 0 Å². The minimum absolute atomic E-state index is 0. The fourth-order valence-corrected chi connectivity index (χ4v) is 1.64. The van der Waals surface area contributed by atoms with Crippen molar-refractivity contribution < 1.29 is 38.9 Å². The van der Waals surface area contributed by atoms with Crippen molar-refractivity contribution in [2.75, 3.05) is 0 Å². The first-order valence-corrected chi connectivity index (χ1v) is 5.70. The first-order valence-electron chi connectivity index (χ1n) is 5.70. The average molecular weight is 321 g/mol. The third kappa shape index (κ3) is 4.00. The predicted molar refractivity (Wildman–Crippen MR) is 66.3 cm³/mol. The Morgan fingerprint density at radius 3 is 2.05 bits per heavy atom. The van der Waals surface area contributed by atoms with Gasteiger partial charge in [-0.3, -0.25) is 0 Å². The minimum atomic E-state index is -1.40. The molecule has 0 N–H and O–H groups in total. The van der Waals surface area contributed by atoms with Gasteiger partial charge >= 0.3 is 5.97 Å². The number of hydrogen-bond donors (Lipinski definition) is 0. The van der Waals surface area contributed by atoms with E-state index < -0.39 is 11.9 Å². The molecule has 2 aromatic carbocycles. The molecule has 0 heterocycles. The molecule has 0 aliphatic rings. The predicted octanol–water partition coefficient (Wildman–Crippen LogP) is 1.40. The first kappa shape index (κ1) is 16.1. The molecule has 0 fully saturated rings. The van der Waals surface area contributed by atoms with Crippen LogP contribution in [-0.4, -0.2) is 11.9 Å². The van der Waals surface area contributed by atoms with Gasteiger partial charge in [0.1, 0.15) is 6.61 Å². The van der Waals surface area contributed by atoms with E-state index in [1.807, 2.05) is 30.3 Å². The summed E-state index contributed by atoms with van der Waals surface area (Å²) in [5.41, 5.74) is 0.667. The Hall–Kier alpha value is -2.00. The quantitative estimate of drug-likeness (QED) is 0.631. The summed E-state index contributed by atoms with van der Waals surface area (Å²) in [6.07, 6.45) is 0. The number of hydrogen-bond acceptors (Lipinski definition) is 4. The maximum absolute atomic E-state index is 11.8. The van der Waals surface area contributed by atoms with Crippen LogP contribution in [0.5, 0.6) is 0 Å². The largest absolute Gasteiger partial charge is 0.545 e. The summed E-state index contributed by atoms with van der Waals surface area (Å²) in [7, 11) is 0. The molecule has 2 aromatic rings. The molecule has 5 heteroatoms. The molecule has 2 rings (SSSR count). The molecule has 20 heavy (non-hydrogen) atoms. The number of carbonyl (C=O) groups is 2. The van der Waals surface area contributed by atoms with E-state index in [0.29, 0.717) is 0 Å². The Balaban J connectivity index is 0.00000200. The van der Waals surface area contributed by atoms with Gasteiger partial charge in [0, 0.05) is 25.0 Å². The summed E-state index contributed by atoms with van der Waals surface area (Å²) in [5, 5.41) is 10.9. The summed E-state index contributed by atoms with van der Waals surface area (Å²) >= 11 is 0. The van der Waals surface area contributed by atoms with Gasteiger partial charge in [0.05, 0.1) is 11.5 Å². The van der Waals surface area contributed by atoms with Gasteiger partial charge in [-0.2, -0.15) is 0 Å². The number of carboxylic acid groups (broad SMARTS) is 1. The number of esters is 1. The van der Waals surface area contributed by atoms with Gasteiger partial charge in [0.2, 0.25) is 0 Å². The topological polar surface area (TPSA) is 66.4 Å². The number of ether oxygens (including phenoxy) is 1. The summed E-state index contributed by atoms with van der Waals surface area (Å²) < 4.78 is 5.07. The summed E-state index contributed by atoms with van der Waals surface area (Å²) in [5.74, 6) is -2.07. The van der Waals surface area contributed by atoms with E-state index in [1.165, 1.54) is 18.2 Å². The van der Waals surface area contributed by atoms with Crippen LogP contribution in [0, 0.1) is 0 Å². The molecule has 4 nitrogen and oxygen atoms in total. The zero-order valence-electron chi connectivity index (χ0n) is 10.7. The molecule has 0 bridgehead atoms. The minimum Gasteiger partial charge on any atom is -0.545 e. The maximum atomic E-state index is 11.8. The molecule has 0 amide bonds. The van der Waals surface area contributed by atoms with Crippen molar-refractivity contribution in [2.24, 2.45) is 0 Å². The smallest absolute Gasteiger partial charge is 0.339 e.